The summed E-state index contributed by atoms with van der Waals surface area (Å²) in [5, 5.41) is 0. The third-order valence-corrected chi connectivity index (χ3v) is 7.07. The molecule has 2 heterocycles. The van der Waals surface area contributed by atoms with Crippen LogP contribution in [0.3, 0.4) is 0 Å². The number of β-lactam (4-membered cyclic amide) rings is 1. The highest BCUT2D eigenvalue weighted by molar-refractivity contribution is 6.78. The Balaban J connectivity index is 2.22. The molecule has 0 radical (unpaired) electrons. The zero-order valence-corrected chi connectivity index (χ0v) is 13.9. The Morgan fingerprint density at radius 3 is 2.45 bits per heavy atom. The summed E-state index contributed by atoms with van der Waals surface area (Å²) in [6, 6.07) is 0.726. The normalized spacial score (nSPS) is 29.4. The number of fused-ring (bicyclic) bond motifs is 1. The Kier molecular flexibility index (Phi) is 3.56. The van der Waals surface area contributed by atoms with Crippen molar-refractivity contribution >= 4 is 25.7 Å². The van der Waals surface area contributed by atoms with Crippen LogP contribution in [0.1, 0.15) is 27.2 Å². The minimum Gasteiger partial charge on any atom is -0.458 e. The van der Waals surface area contributed by atoms with Crippen molar-refractivity contribution in [1.29, 1.82) is 0 Å². The molecule has 2 fully saturated rings. The van der Waals surface area contributed by atoms with E-state index in [0.29, 0.717) is 6.42 Å². The number of carbonyl (C=O) groups excluding carboxylic acids is 3. The summed E-state index contributed by atoms with van der Waals surface area (Å²) in [4.78, 5) is 37.4. The summed E-state index contributed by atoms with van der Waals surface area (Å²) < 4.78 is 5.41. The van der Waals surface area contributed by atoms with Gasteiger partial charge in [0.25, 0.3) is 5.91 Å². The number of nitrogens with zero attached hydrogens (tertiary/aromatic N) is 1. The van der Waals surface area contributed by atoms with Crippen LogP contribution in [-0.2, 0) is 19.1 Å². The molecular weight excluding hydrogens is 274 g/mol. The van der Waals surface area contributed by atoms with Crippen LogP contribution in [0.5, 0.6) is 0 Å². The molecule has 0 saturated carbocycles. The largest absolute Gasteiger partial charge is 0.458 e. The second kappa shape index (κ2) is 4.68. The van der Waals surface area contributed by atoms with Gasteiger partial charge in [0, 0.05) is 0 Å². The molecule has 2 atom stereocenters. The van der Waals surface area contributed by atoms with E-state index in [2.05, 4.69) is 13.1 Å². The molecular formula is C14H23NO4Si. The molecule has 0 aliphatic carbocycles. The molecule has 1 amide bonds. The van der Waals surface area contributed by atoms with Crippen molar-refractivity contribution in [3.8, 4) is 0 Å². The van der Waals surface area contributed by atoms with Gasteiger partial charge in [-0.05, 0) is 33.2 Å². The van der Waals surface area contributed by atoms with Gasteiger partial charge < -0.3 is 9.64 Å². The number of esters is 1. The van der Waals surface area contributed by atoms with Crippen molar-refractivity contribution in [1.82, 2.24) is 4.90 Å². The number of hydrogen-bond donors (Lipinski definition) is 0. The van der Waals surface area contributed by atoms with Crippen LogP contribution < -0.4 is 0 Å². The first-order valence-corrected chi connectivity index (χ1v) is 10.5. The minimum atomic E-state index is -1.53. The van der Waals surface area contributed by atoms with Crippen molar-refractivity contribution in [2.45, 2.75) is 70.1 Å². The molecule has 0 N–H and O–H groups in total. The van der Waals surface area contributed by atoms with E-state index in [1.54, 1.807) is 20.8 Å². The number of ketones is 1. The molecule has 20 heavy (non-hydrogen) atoms. The lowest BCUT2D eigenvalue weighted by molar-refractivity contribution is -0.175. The molecule has 0 aromatic carbocycles. The van der Waals surface area contributed by atoms with E-state index in [9.17, 15) is 14.4 Å². The lowest BCUT2D eigenvalue weighted by atomic mass is 9.97. The van der Waals surface area contributed by atoms with Crippen molar-refractivity contribution in [2.24, 2.45) is 0 Å². The Labute approximate surface area is 120 Å². The van der Waals surface area contributed by atoms with Gasteiger partial charge in [0.05, 0.1) is 14.1 Å². The third-order valence-electron chi connectivity index (χ3n) is 3.94. The van der Waals surface area contributed by atoms with Crippen LogP contribution in [0.25, 0.3) is 0 Å². The molecule has 0 aromatic heterocycles. The number of rotatable bonds is 1. The predicted molar refractivity (Wildman–Crippen MR) is 77.0 cm³/mol. The molecule has 2 aliphatic rings. The first-order valence-electron chi connectivity index (χ1n) is 7.11. The van der Waals surface area contributed by atoms with Gasteiger partial charge in [-0.1, -0.05) is 19.1 Å². The molecule has 0 spiro atoms. The lowest BCUT2D eigenvalue weighted by Gasteiger charge is -2.42. The third kappa shape index (κ3) is 2.80. The molecule has 2 saturated heterocycles. The van der Waals surface area contributed by atoms with Crippen LogP contribution in [0, 0.1) is 0 Å². The highest BCUT2D eigenvalue weighted by atomic mass is 28.3. The highest BCUT2D eigenvalue weighted by Crippen LogP contribution is 2.36. The molecule has 112 valence electrons. The van der Waals surface area contributed by atoms with Crippen molar-refractivity contribution in [3.63, 3.8) is 0 Å². The van der Waals surface area contributed by atoms with E-state index in [1.807, 2.05) is 0 Å². The summed E-state index contributed by atoms with van der Waals surface area (Å²) in [7, 11) is -1.53. The average Bonchev–Trinajstić information content (AvgIpc) is 2.41. The van der Waals surface area contributed by atoms with Gasteiger partial charge in [-0.15, -0.1) is 0 Å². The van der Waals surface area contributed by atoms with Gasteiger partial charge in [0.15, 0.2) is 0 Å². The topological polar surface area (TPSA) is 63.7 Å². The van der Waals surface area contributed by atoms with E-state index in [0.717, 1.165) is 12.1 Å². The molecule has 2 aliphatic heterocycles. The zero-order chi connectivity index (χ0) is 15.3. The Morgan fingerprint density at radius 1 is 1.30 bits per heavy atom. The number of hydrogen-bond acceptors (Lipinski definition) is 4. The van der Waals surface area contributed by atoms with Gasteiger partial charge in [-0.3, -0.25) is 9.59 Å². The predicted octanol–water partition coefficient (Wildman–Crippen LogP) is 1.59. The van der Waals surface area contributed by atoms with Crippen molar-refractivity contribution in [2.75, 3.05) is 0 Å². The van der Waals surface area contributed by atoms with E-state index in [1.165, 1.54) is 4.90 Å². The van der Waals surface area contributed by atoms with Gasteiger partial charge in [-0.25, -0.2) is 4.79 Å². The maximum absolute atomic E-state index is 12.3. The highest BCUT2D eigenvalue weighted by Gasteiger charge is 2.55. The Hall–Kier alpha value is -1.17. The Morgan fingerprint density at radius 2 is 1.90 bits per heavy atom. The van der Waals surface area contributed by atoms with Crippen LogP contribution in [0.4, 0.5) is 0 Å². The van der Waals surface area contributed by atoms with Crippen LogP contribution in [-0.4, -0.2) is 48.3 Å². The fourth-order valence-electron chi connectivity index (χ4n) is 2.91. The second-order valence-electron chi connectivity index (χ2n) is 7.55. The van der Waals surface area contributed by atoms with Gasteiger partial charge in [0.1, 0.15) is 11.6 Å². The molecule has 0 aromatic rings. The number of ether oxygens (including phenoxy) is 1. The van der Waals surface area contributed by atoms with E-state index < -0.39 is 25.6 Å². The fraction of sp³-hybridized carbons (Fsp3) is 0.786. The zero-order valence-electron chi connectivity index (χ0n) is 12.9. The quantitative estimate of drug-likeness (QED) is 0.319. The van der Waals surface area contributed by atoms with Crippen molar-refractivity contribution < 1.29 is 19.1 Å². The van der Waals surface area contributed by atoms with E-state index >= 15 is 0 Å². The standard InChI is InChI=1S/C14H23NO4Si/c1-14(2,3)19-13(18)9-6-7-20(4,5)8-10-11(16)12(17)15(9)10/h9-10H,6-8H2,1-5H3/t9-,10+/m0/s1. The second-order valence-corrected chi connectivity index (χ2v) is 12.8. The molecule has 0 unspecified atom stereocenters. The van der Waals surface area contributed by atoms with Crippen molar-refractivity contribution in [3.05, 3.63) is 0 Å². The summed E-state index contributed by atoms with van der Waals surface area (Å²) in [6.07, 6.45) is 0.615. The van der Waals surface area contributed by atoms with E-state index in [-0.39, 0.29) is 17.8 Å². The summed E-state index contributed by atoms with van der Waals surface area (Å²) in [6.45, 7) is 9.83. The first kappa shape index (κ1) is 15.2. The number of carbonyl (C=O) groups is 3. The summed E-state index contributed by atoms with van der Waals surface area (Å²) in [5.74, 6) is -1.23. The monoisotopic (exact) mass is 297 g/mol. The van der Waals surface area contributed by atoms with Crippen LogP contribution in [0.2, 0.25) is 25.2 Å². The van der Waals surface area contributed by atoms with Gasteiger partial charge >= 0.3 is 5.97 Å². The maximum Gasteiger partial charge on any atom is 0.329 e. The molecule has 2 rings (SSSR count). The van der Waals surface area contributed by atoms with Gasteiger partial charge in [0.2, 0.25) is 5.78 Å². The smallest absolute Gasteiger partial charge is 0.329 e. The first-order chi connectivity index (χ1) is 9.02. The summed E-state index contributed by atoms with van der Waals surface area (Å²) in [5.41, 5.74) is -0.580. The molecule has 5 nitrogen and oxygen atoms in total. The molecule has 6 heteroatoms. The van der Waals surface area contributed by atoms with Crippen LogP contribution in [0.15, 0.2) is 0 Å². The maximum atomic E-state index is 12.3. The fourth-order valence-corrected chi connectivity index (χ4v) is 5.60. The minimum absolute atomic E-state index is 0.332. The lowest BCUT2D eigenvalue weighted by Crippen LogP contribution is -2.67. The SMILES string of the molecule is CC(C)(C)OC(=O)[C@@H]1CC[Si](C)(C)C[C@@H]2C(=O)C(=O)N21. The van der Waals surface area contributed by atoms with E-state index in [4.69, 9.17) is 4.74 Å². The van der Waals surface area contributed by atoms with Crippen LogP contribution >= 0.6 is 0 Å². The van der Waals surface area contributed by atoms with Gasteiger partial charge in [-0.2, -0.15) is 0 Å². The number of Topliss-reactive ketones (excluding diaryl/α,β-unsaturated/α-hetero) is 1. The summed E-state index contributed by atoms with van der Waals surface area (Å²) >= 11 is 0. The Bertz CT molecular complexity index is 466. The number of amides is 1. The average molecular weight is 297 g/mol. The molecule has 0 bridgehead atoms.